The number of nitrogens with one attached hydrogen (secondary N) is 2. The quantitative estimate of drug-likeness (QED) is 0.256. The summed E-state index contributed by atoms with van der Waals surface area (Å²) in [4.78, 5) is 15.0. The largest absolute Gasteiger partial charge is 0.497 e. The van der Waals surface area contributed by atoms with Crippen LogP contribution in [0.5, 0.6) is 5.75 Å². The van der Waals surface area contributed by atoms with Gasteiger partial charge in [-0.25, -0.2) is 5.43 Å². The Morgan fingerprint density at radius 2 is 1.53 bits per heavy atom. The lowest BCUT2D eigenvalue weighted by Gasteiger charge is -2.29. The number of nitrogens with zero attached hydrogens (tertiary/aromatic N) is 3. The number of benzene rings is 3. The Kier molecular flexibility index (Phi) is 8.86. The number of amidine groups is 1. The molecule has 7 nitrogen and oxygen atoms in total. The second kappa shape index (κ2) is 12.9. The molecule has 1 aliphatic heterocycles. The van der Waals surface area contributed by atoms with E-state index < -0.39 is 0 Å². The van der Waals surface area contributed by atoms with Crippen LogP contribution in [-0.2, 0) is 0 Å². The molecule has 1 heterocycles. The van der Waals surface area contributed by atoms with E-state index in [4.69, 9.17) is 9.84 Å². The van der Waals surface area contributed by atoms with Crippen LogP contribution in [0.25, 0.3) is 6.08 Å². The Hall–Kier alpha value is -4.39. The van der Waals surface area contributed by atoms with Gasteiger partial charge < -0.3 is 9.64 Å². The molecule has 3 aromatic carbocycles. The summed E-state index contributed by atoms with van der Waals surface area (Å²) in [5.74, 6) is 1.19. The maximum atomic E-state index is 12.7. The summed E-state index contributed by atoms with van der Waals surface area (Å²) in [6.45, 7) is 1.74. The monoisotopic (exact) mass is 481 g/mol. The third-order valence-electron chi connectivity index (χ3n) is 5.81. The first-order chi connectivity index (χ1) is 17.7. The lowest BCUT2D eigenvalue weighted by atomic mass is 10.1. The highest BCUT2D eigenvalue weighted by molar-refractivity contribution is 6.46. The average molecular weight is 482 g/mol. The summed E-state index contributed by atoms with van der Waals surface area (Å²) in [6, 6.07) is 26.6. The van der Waals surface area contributed by atoms with E-state index in [-0.39, 0.29) is 5.91 Å². The second-order valence-corrected chi connectivity index (χ2v) is 8.37. The van der Waals surface area contributed by atoms with Crippen molar-refractivity contribution in [3.8, 4) is 5.75 Å². The zero-order valence-corrected chi connectivity index (χ0v) is 20.4. The molecule has 1 amide bonds. The lowest BCUT2D eigenvalue weighted by Crippen LogP contribution is -2.41. The number of para-hydroxylation sites is 1. The standard InChI is InChI=1S/C29H31N5O2/c1-36-26-18-15-23(16-19-26)17-20-27(31-33-29(35)24-11-5-2-6-12-24)28(34-21-9-4-10-22-34)32-30-25-13-7-3-8-14-25/h2-3,5-8,11-20,30H,4,9-10,21-22H2,1H3,(H,33,35)/b20-17+,31-27-,32-28+. The van der Waals surface area contributed by atoms with E-state index in [2.05, 4.69) is 20.9 Å². The highest BCUT2D eigenvalue weighted by Gasteiger charge is 2.20. The SMILES string of the molecule is COc1ccc(/C=C/C(=N/NC(=O)c2ccccc2)C(=N\Nc2ccccc2)/N2CCCCC2)cc1. The van der Waals surface area contributed by atoms with Crippen LogP contribution in [0, 0.1) is 0 Å². The molecule has 36 heavy (non-hydrogen) atoms. The van der Waals surface area contributed by atoms with Crippen LogP contribution < -0.4 is 15.6 Å². The van der Waals surface area contributed by atoms with Crippen LogP contribution in [0.1, 0.15) is 35.2 Å². The van der Waals surface area contributed by atoms with Crippen molar-refractivity contribution in [2.45, 2.75) is 19.3 Å². The molecule has 0 aromatic heterocycles. The van der Waals surface area contributed by atoms with Gasteiger partial charge in [0.25, 0.3) is 5.91 Å². The van der Waals surface area contributed by atoms with Crippen LogP contribution in [0.3, 0.4) is 0 Å². The second-order valence-electron chi connectivity index (χ2n) is 8.37. The number of likely N-dealkylation sites (tertiary alicyclic amines) is 1. The predicted octanol–water partition coefficient (Wildman–Crippen LogP) is 5.41. The van der Waals surface area contributed by atoms with Gasteiger partial charge in [-0.3, -0.25) is 10.2 Å². The van der Waals surface area contributed by atoms with E-state index >= 15 is 0 Å². The Balaban J connectivity index is 1.67. The summed E-state index contributed by atoms with van der Waals surface area (Å²) in [6.07, 6.45) is 7.18. The van der Waals surface area contributed by atoms with Crippen molar-refractivity contribution in [3.05, 3.63) is 102 Å². The Labute approximate surface area is 212 Å². The minimum Gasteiger partial charge on any atom is -0.497 e. The van der Waals surface area contributed by atoms with Crippen molar-refractivity contribution in [1.82, 2.24) is 10.3 Å². The van der Waals surface area contributed by atoms with Crippen LogP contribution >= 0.6 is 0 Å². The highest BCUT2D eigenvalue weighted by Crippen LogP contribution is 2.15. The maximum absolute atomic E-state index is 12.7. The van der Waals surface area contributed by atoms with Gasteiger partial charge in [-0.05, 0) is 67.3 Å². The van der Waals surface area contributed by atoms with E-state index in [0.717, 1.165) is 42.9 Å². The number of piperidine rings is 1. The summed E-state index contributed by atoms with van der Waals surface area (Å²) < 4.78 is 5.26. The van der Waals surface area contributed by atoms with E-state index in [1.165, 1.54) is 6.42 Å². The van der Waals surface area contributed by atoms with Gasteiger partial charge in [0.2, 0.25) is 0 Å². The van der Waals surface area contributed by atoms with Crippen molar-refractivity contribution >= 4 is 29.2 Å². The topological polar surface area (TPSA) is 78.3 Å². The first-order valence-electron chi connectivity index (χ1n) is 12.1. The molecule has 1 aliphatic rings. The minimum atomic E-state index is -0.278. The number of carbonyl (C=O) groups excluding carboxylic acids is 1. The molecule has 0 bridgehead atoms. The van der Waals surface area contributed by atoms with Gasteiger partial charge in [0.1, 0.15) is 11.5 Å². The van der Waals surface area contributed by atoms with Crippen LogP contribution in [0.2, 0.25) is 0 Å². The Bertz CT molecular complexity index is 1200. The summed E-state index contributed by atoms with van der Waals surface area (Å²) in [7, 11) is 1.64. The van der Waals surface area contributed by atoms with Gasteiger partial charge in [0.05, 0.1) is 12.8 Å². The van der Waals surface area contributed by atoms with Gasteiger partial charge in [-0.1, -0.05) is 54.6 Å². The normalized spacial score (nSPS) is 14.5. The Morgan fingerprint density at radius 1 is 0.861 bits per heavy atom. The number of methoxy groups -OCH3 is 1. The van der Waals surface area contributed by atoms with Crippen molar-refractivity contribution in [2.24, 2.45) is 10.2 Å². The molecule has 4 rings (SSSR count). The number of anilines is 1. The fourth-order valence-corrected chi connectivity index (χ4v) is 3.84. The number of rotatable bonds is 8. The number of amides is 1. The molecular formula is C29H31N5O2. The summed E-state index contributed by atoms with van der Waals surface area (Å²) in [5, 5.41) is 9.28. The number of hydrogen-bond donors (Lipinski definition) is 2. The van der Waals surface area contributed by atoms with Gasteiger partial charge in [0.15, 0.2) is 5.84 Å². The zero-order chi connectivity index (χ0) is 25.0. The number of carbonyl (C=O) groups is 1. The molecule has 0 aliphatic carbocycles. The molecule has 0 atom stereocenters. The first-order valence-corrected chi connectivity index (χ1v) is 12.1. The minimum absolute atomic E-state index is 0.278. The summed E-state index contributed by atoms with van der Waals surface area (Å²) in [5.41, 5.74) is 8.82. The Morgan fingerprint density at radius 3 is 2.19 bits per heavy atom. The molecule has 1 saturated heterocycles. The molecule has 0 unspecified atom stereocenters. The molecule has 0 saturated carbocycles. The predicted molar refractivity (Wildman–Crippen MR) is 146 cm³/mol. The van der Waals surface area contributed by atoms with Crippen molar-refractivity contribution in [1.29, 1.82) is 0 Å². The molecule has 1 fully saturated rings. The van der Waals surface area contributed by atoms with Gasteiger partial charge in [-0.2, -0.15) is 10.2 Å². The molecular weight excluding hydrogens is 450 g/mol. The first kappa shape index (κ1) is 24.7. The smallest absolute Gasteiger partial charge is 0.271 e. The third kappa shape index (κ3) is 7.06. The zero-order valence-electron chi connectivity index (χ0n) is 20.4. The van der Waals surface area contributed by atoms with E-state index in [1.54, 1.807) is 19.2 Å². The fraction of sp³-hybridized carbons (Fsp3) is 0.207. The molecule has 0 radical (unpaired) electrons. The van der Waals surface area contributed by atoms with Crippen LogP contribution in [-0.4, -0.2) is 42.6 Å². The van der Waals surface area contributed by atoms with Gasteiger partial charge in [-0.15, -0.1) is 0 Å². The van der Waals surface area contributed by atoms with Crippen molar-refractivity contribution < 1.29 is 9.53 Å². The lowest BCUT2D eigenvalue weighted by molar-refractivity contribution is 0.0955. The van der Waals surface area contributed by atoms with Gasteiger partial charge in [0, 0.05) is 18.7 Å². The third-order valence-corrected chi connectivity index (χ3v) is 5.81. The van der Waals surface area contributed by atoms with Crippen molar-refractivity contribution in [3.63, 3.8) is 0 Å². The number of hydrogen-bond acceptors (Lipinski definition) is 5. The summed E-state index contributed by atoms with van der Waals surface area (Å²) >= 11 is 0. The van der Waals surface area contributed by atoms with Crippen LogP contribution in [0.15, 0.2) is 101 Å². The molecule has 184 valence electrons. The number of ether oxygens (including phenoxy) is 1. The van der Waals surface area contributed by atoms with Crippen LogP contribution in [0.4, 0.5) is 5.69 Å². The molecule has 3 aromatic rings. The maximum Gasteiger partial charge on any atom is 0.271 e. The van der Waals surface area contributed by atoms with E-state index in [9.17, 15) is 4.79 Å². The highest BCUT2D eigenvalue weighted by atomic mass is 16.5. The molecule has 0 spiro atoms. The average Bonchev–Trinajstić information content (AvgIpc) is 2.95. The fourth-order valence-electron chi connectivity index (χ4n) is 3.84. The number of hydrazone groups is 2. The van der Waals surface area contributed by atoms with Gasteiger partial charge >= 0.3 is 0 Å². The molecule has 2 N–H and O–H groups in total. The van der Waals surface area contributed by atoms with E-state index in [1.807, 2.05) is 84.9 Å². The van der Waals surface area contributed by atoms with Crippen molar-refractivity contribution in [2.75, 3.05) is 25.6 Å². The van der Waals surface area contributed by atoms with E-state index in [0.29, 0.717) is 17.1 Å². The molecule has 7 heteroatoms.